The number of nitrogens with two attached hydrogens (primary N) is 1. The van der Waals surface area contributed by atoms with E-state index in [-0.39, 0.29) is 11.0 Å². The van der Waals surface area contributed by atoms with Crippen LogP contribution in [0.15, 0.2) is 29.3 Å². The standard InChI is InChI=1S/C17H27N3/c1-16(2,3)20-15(18)19-12-17(4)11-7-9-13-8-5-6-10-14(13)17/h5-6,8,10H,7,9,11-12H2,1-4H3,(H3,18,19,20). The highest BCUT2D eigenvalue weighted by Crippen LogP contribution is 2.37. The monoisotopic (exact) mass is 273 g/mol. The van der Waals surface area contributed by atoms with Gasteiger partial charge in [-0.1, -0.05) is 31.2 Å². The molecule has 0 saturated heterocycles. The third-order valence-corrected chi connectivity index (χ3v) is 3.94. The molecule has 2 rings (SSSR count). The average Bonchev–Trinajstić information content (AvgIpc) is 2.35. The lowest BCUT2D eigenvalue weighted by Gasteiger charge is -2.35. The Morgan fingerprint density at radius 3 is 2.75 bits per heavy atom. The van der Waals surface area contributed by atoms with Crippen molar-refractivity contribution in [1.29, 1.82) is 0 Å². The molecule has 0 spiro atoms. The zero-order chi connectivity index (χ0) is 14.8. The Morgan fingerprint density at radius 2 is 2.05 bits per heavy atom. The van der Waals surface area contributed by atoms with Crippen molar-refractivity contribution in [3.63, 3.8) is 0 Å². The van der Waals surface area contributed by atoms with Gasteiger partial charge in [-0.2, -0.15) is 0 Å². The van der Waals surface area contributed by atoms with E-state index in [4.69, 9.17) is 5.73 Å². The van der Waals surface area contributed by atoms with Crippen LogP contribution in [-0.2, 0) is 11.8 Å². The molecular weight excluding hydrogens is 246 g/mol. The predicted molar refractivity (Wildman–Crippen MR) is 86.1 cm³/mol. The first kappa shape index (κ1) is 14.9. The van der Waals surface area contributed by atoms with Gasteiger partial charge >= 0.3 is 0 Å². The molecule has 1 aliphatic rings. The van der Waals surface area contributed by atoms with E-state index in [1.807, 2.05) is 0 Å². The van der Waals surface area contributed by atoms with Crippen molar-refractivity contribution in [3.8, 4) is 0 Å². The fourth-order valence-electron chi connectivity index (χ4n) is 2.98. The van der Waals surface area contributed by atoms with Crippen LogP contribution >= 0.6 is 0 Å². The largest absolute Gasteiger partial charge is 0.370 e. The zero-order valence-electron chi connectivity index (χ0n) is 13.2. The lowest BCUT2D eigenvalue weighted by molar-refractivity contribution is 0.403. The molecule has 0 radical (unpaired) electrons. The molecule has 0 aliphatic heterocycles. The van der Waals surface area contributed by atoms with Gasteiger partial charge in [0.15, 0.2) is 5.96 Å². The number of fused-ring (bicyclic) bond motifs is 1. The molecule has 0 aromatic heterocycles. The lowest BCUT2D eigenvalue weighted by Crippen LogP contribution is -2.45. The topological polar surface area (TPSA) is 50.4 Å². The molecule has 0 heterocycles. The minimum absolute atomic E-state index is 0.0427. The van der Waals surface area contributed by atoms with Crippen molar-refractivity contribution in [3.05, 3.63) is 35.4 Å². The van der Waals surface area contributed by atoms with Crippen molar-refractivity contribution in [2.24, 2.45) is 10.7 Å². The number of nitrogens with zero attached hydrogens (tertiary/aromatic N) is 1. The highest BCUT2D eigenvalue weighted by molar-refractivity contribution is 5.78. The fourth-order valence-corrected chi connectivity index (χ4v) is 2.98. The van der Waals surface area contributed by atoms with Crippen LogP contribution in [0, 0.1) is 0 Å². The minimum Gasteiger partial charge on any atom is -0.370 e. The molecule has 1 atom stereocenters. The van der Waals surface area contributed by atoms with Gasteiger partial charge in [0.25, 0.3) is 0 Å². The maximum Gasteiger partial charge on any atom is 0.189 e. The van der Waals surface area contributed by atoms with Gasteiger partial charge in [-0.05, 0) is 51.2 Å². The van der Waals surface area contributed by atoms with Gasteiger partial charge in [0.05, 0.1) is 6.54 Å². The SMILES string of the molecule is CC(C)(C)NC(N)=NCC1(C)CCCc2ccccc21. The highest BCUT2D eigenvalue weighted by Gasteiger charge is 2.31. The second-order valence-electron chi connectivity index (χ2n) is 7.15. The fraction of sp³-hybridized carbons (Fsp3) is 0.588. The van der Waals surface area contributed by atoms with Gasteiger partial charge in [0, 0.05) is 11.0 Å². The molecule has 20 heavy (non-hydrogen) atoms. The van der Waals surface area contributed by atoms with Crippen LogP contribution < -0.4 is 11.1 Å². The maximum atomic E-state index is 5.99. The van der Waals surface area contributed by atoms with E-state index in [0.717, 1.165) is 6.54 Å². The van der Waals surface area contributed by atoms with Crippen LogP contribution in [-0.4, -0.2) is 18.0 Å². The number of aliphatic imine (C=N–C) groups is 1. The van der Waals surface area contributed by atoms with E-state index >= 15 is 0 Å². The summed E-state index contributed by atoms with van der Waals surface area (Å²) in [4.78, 5) is 4.59. The number of nitrogens with one attached hydrogen (secondary N) is 1. The van der Waals surface area contributed by atoms with E-state index in [2.05, 4.69) is 62.3 Å². The predicted octanol–water partition coefficient (Wildman–Crippen LogP) is 2.98. The van der Waals surface area contributed by atoms with Crippen LogP contribution in [0.3, 0.4) is 0 Å². The van der Waals surface area contributed by atoms with Gasteiger partial charge in [-0.25, -0.2) is 0 Å². The highest BCUT2D eigenvalue weighted by atomic mass is 15.1. The molecule has 0 amide bonds. The number of aryl methyl sites for hydroxylation is 1. The second-order valence-corrected chi connectivity index (χ2v) is 7.15. The summed E-state index contributed by atoms with van der Waals surface area (Å²) in [6.07, 6.45) is 3.59. The van der Waals surface area contributed by atoms with Crippen molar-refractivity contribution in [2.45, 2.75) is 57.9 Å². The summed E-state index contributed by atoms with van der Waals surface area (Å²) in [5.41, 5.74) is 8.98. The Kier molecular flexibility index (Phi) is 4.07. The molecule has 3 N–H and O–H groups in total. The quantitative estimate of drug-likeness (QED) is 0.643. The first-order valence-corrected chi connectivity index (χ1v) is 7.47. The summed E-state index contributed by atoms with van der Waals surface area (Å²) in [5, 5.41) is 3.23. The second kappa shape index (κ2) is 5.47. The molecule has 0 bridgehead atoms. The van der Waals surface area contributed by atoms with Crippen LogP contribution in [0.1, 0.15) is 51.7 Å². The summed E-state index contributed by atoms with van der Waals surface area (Å²) in [5.74, 6) is 0.543. The van der Waals surface area contributed by atoms with Gasteiger partial charge < -0.3 is 11.1 Å². The average molecular weight is 273 g/mol. The number of hydrogen-bond acceptors (Lipinski definition) is 1. The number of benzene rings is 1. The zero-order valence-corrected chi connectivity index (χ0v) is 13.2. The van der Waals surface area contributed by atoms with E-state index in [0.29, 0.717) is 5.96 Å². The molecule has 110 valence electrons. The molecule has 1 unspecified atom stereocenters. The van der Waals surface area contributed by atoms with Crippen LogP contribution in [0.25, 0.3) is 0 Å². The minimum atomic E-state index is -0.0427. The first-order chi connectivity index (χ1) is 9.30. The first-order valence-electron chi connectivity index (χ1n) is 7.47. The van der Waals surface area contributed by atoms with Crippen LogP contribution in [0.5, 0.6) is 0 Å². The Labute approximate surface area is 122 Å². The van der Waals surface area contributed by atoms with Crippen molar-refractivity contribution >= 4 is 5.96 Å². The smallest absolute Gasteiger partial charge is 0.189 e. The number of rotatable bonds is 2. The maximum absolute atomic E-state index is 5.99. The van der Waals surface area contributed by atoms with Gasteiger partial charge in [-0.3, -0.25) is 4.99 Å². The number of guanidine groups is 1. The van der Waals surface area contributed by atoms with Gasteiger partial charge in [0.1, 0.15) is 0 Å². The van der Waals surface area contributed by atoms with E-state index < -0.39 is 0 Å². The summed E-state index contributed by atoms with van der Waals surface area (Å²) >= 11 is 0. The van der Waals surface area contributed by atoms with Crippen molar-refractivity contribution < 1.29 is 0 Å². The molecule has 0 fully saturated rings. The third kappa shape index (κ3) is 3.53. The van der Waals surface area contributed by atoms with E-state index in [9.17, 15) is 0 Å². The Balaban J connectivity index is 2.15. The van der Waals surface area contributed by atoms with Crippen LogP contribution in [0.4, 0.5) is 0 Å². The lowest BCUT2D eigenvalue weighted by atomic mass is 9.71. The van der Waals surface area contributed by atoms with Crippen LogP contribution in [0.2, 0.25) is 0 Å². The Bertz CT molecular complexity index is 499. The number of hydrogen-bond donors (Lipinski definition) is 2. The summed E-state index contributed by atoms with van der Waals surface area (Å²) in [6, 6.07) is 8.75. The molecule has 0 saturated carbocycles. The molecule has 3 nitrogen and oxygen atoms in total. The molecule has 1 aromatic rings. The molecule has 3 heteroatoms. The van der Waals surface area contributed by atoms with Gasteiger partial charge in [-0.15, -0.1) is 0 Å². The molecule has 1 aliphatic carbocycles. The summed E-state index contributed by atoms with van der Waals surface area (Å²) in [6.45, 7) is 9.32. The van der Waals surface area contributed by atoms with Crippen molar-refractivity contribution in [1.82, 2.24) is 5.32 Å². The summed E-state index contributed by atoms with van der Waals surface area (Å²) < 4.78 is 0. The van der Waals surface area contributed by atoms with E-state index in [1.165, 1.54) is 30.4 Å². The third-order valence-electron chi connectivity index (χ3n) is 3.94. The molecule has 1 aromatic carbocycles. The Hall–Kier alpha value is -1.51. The molecular formula is C17H27N3. The van der Waals surface area contributed by atoms with Gasteiger partial charge in [0.2, 0.25) is 0 Å². The Morgan fingerprint density at radius 1 is 1.35 bits per heavy atom. The van der Waals surface area contributed by atoms with Crippen molar-refractivity contribution in [2.75, 3.05) is 6.54 Å². The normalized spacial score (nSPS) is 23.3. The van der Waals surface area contributed by atoms with E-state index in [1.54, 1.807) is 0 Å². The summed E-state index contributed by atoms with van der Waals surface area (Å²) in [7, 11) is 0.